The molecule has 0 atom stereocenters. The third-order valence-electron chi connectivity index (χ3n) is 2.68. The maximum Gasteiger partial charge on any atom is 0.311 e. The summed E-state index contributed by atoms with van der Waals surface area (Å²) in [6, 6.07) is 6.94. The minimum absolute atomic E-state index is 0.00952. The number of rotatable bonds is 6. The van der Waals surface area contributed by atoms with E-state index in [-0.39, 0.29) is 17.6 Å². The minimum atomic E-state index is 0.00952. The Morgan fingerprint density at radius 3 is 2.33 bits per heavy atom. The summed E-state index contributed by atoms with van der Waals surface area (Å²) in [6.45, 7) is 0.660. The fourth-order valence-corrected chi connectivity index (χ4v) is 1.56. The van der Waals surface area contributed by atoms with Crippen LogP contribution in [-0.2, 0) is 16.0 Å². The van der Waals surface area contributed by atoms with Crippen molar-refractivity contribution >= 4 is 11.8 Å². The lowest BCUT2D eigenvalue weighted by Crippen LogP contribution is -2.89. The van der Waals surface area contributed by atoms with Crippen LogP contribution in [0.15, 0.2) is 24.3 Å². The van der Waals surface area contributed by atoms with E-state index in [0.29, 0.717) is 19.4 Å². The average Bonchev–Trinajstić information content (AvgIpc) is 2.38. The van der Waals surface area contributed by atoms with Crippen LogP contribution in [0.25, 0.3) is 0 Å². The maximum absolute atomic E-state index is 11.4. The molecule has 0 aliphatic heterocycles. The van der Waals surface area contributed by atoms with Crippen LogP contribution >= 0.6 is 0 Å². The SMILES string of the molecule is C[NH2+]C(=O)CCC(=O)[NH2+]CCc1ccc(O)cc1. The summed E-state index contributed by atoms with van der Waals surface area (Å²) >= 11 is 0. The Morgan fingerprint density at radius 2 is 1.72 bits per heavy atom. The highest BCUT2D eigenvalue weighted by atomic mass is 16.3. The van der Waals surface area contributed by atoms with E-state index in [9.17, 15) is 9.59 Å². The van der Waals surface area contributed by atoms with Crippen LogP contribution in [0.2, 0.25) is 0 Å². The summed E-state index contributed by atoms with van der Waals surface area (Å²) < 4.78 is 0. The fourth-order valence-electron chi connectivity index (χ4n) is 1.56. The molecule has 0 fully saturated rings. The number of phenolic OH excluding ortho intramolecular Hbond substituents is 1. The molecule has 0 aromatic heterocycles. The molecule has 0 spiro atoms. The minimum Gasteiger partial charge on any atom is -0.508 e. The van der Waals surface area contributed by atoms with Crippen LogP contribution in [-0.4, -0.2) is 30.5 Å². The Hall–Kier alpha value is -1.72. The van der Waals surface area contributed by atoms with Crippen molar-refractivity contribution in [3.8, 4) is 5.75 Å². The number of nitrogens with two attached hydrogens (primary N) is 2. The van der Waals surface area contributed by atoms with E-state index < -0.39 is 0 Å². The van der Waals surface area contributed by atoms with E-state index in [1.807, 2.05) is 12.1 Å². The van der Waals surface area contributed by atoms with E-state index in [2.05, 4.69) is 0 Å². The molecule has 0 saturated carbocycles. The first-order chi connectivity index (χ1) is 8.61. The van der Waals surface area contributed by atoms with Crippen molar-refractivity contribution in [2.75, 3.05) is 13.6 Å². The number of quaternary nitrogens is 2. The Balaban J connectivity index is 2.19. The van der Waals surface area contributed by atoms with Gasteiger partial charge in [0.1, 0.15) is 5.75 Å². The van der Waals surface area contributed by atoms with Gasteiger partial charge in [0.05, 0.1) is 26.4 Å². The number of carbonyl (C=O) groups excluding carboxylic acids is 2. The number of amides is 2. The lowest BCUT2D eigenvalue weighted by atomic mass is 10.1. The molecular formula is C13H20N2O3+2. The summed E-state index contributed by atoms with van der Waals surface area (Å²) in [6.07, 6.45) is 1.35. The monoisotopic (exact) mass is 252 g/mol. The molecular weight excluding hydrogens is 232 g/mol. The maximum atomic E-state index is 11.4. The molecule has 1 rings (SSSR count). The molecule has 0 unspecified atom stereocenters. The summed E-state index contributed by atoms with van der Waals surface area (Å²) in [4.78, 5) is 22.4. The molecule has 0 heterocycles. The molecule has 98 valence electrons. The molecule has 1 aromatic carbocycles. The van der Waals surface area contributed by atoms with Gasteiger partial charge in [-0.25, -0.2) is 9.59 Å². The third-order valence-corrected chi connectivity index (χ3v) is 2.68. The van der Waals surface area contributed by atoms with Crippen molar-refractivity contribution < 1.29 is 25.3 Å². The molecule has 0 bridgehead atoms. The average molecular weight is 252 g/mol. The van der Waals surface area contributed by atoms with Gasteiger partial charge in [-0.2, -0.15) is 0 Å². The predicted octanol–water partition coefficient (Wildman–Crippen LogP) is -1.48. The van der Waals surface area contributed by atoms with Gasteiger partial charge in [-0.05, 0) is 17.7 Å². The van der Waals surface area contributed by atoms with Crippen molar-refractivity contribution in [3.63, 3.8) is 0 Å². The number of hydrogen-bond acceptors (Lipinski definition) is 3. The molecule has 18 heavy (non-hydrogen) atoms. The number of aromatic hydroxyl groups is 1. The fraction of sp³-hybridized carbons (Fsp3) is 0.385. The van der Waals surface area contributed by atoms with E-state index in [4.69, 9.17) is 5.11 Å². The second-order valence-electron chi connectivity index (χ2n) is 4.13. The zero-order chi connectivity index (χ0) is 13.4. The van der Waals surface area contributed by atoms with Crippen LogP contribution in [0.5, 0.6) is 5.75 Å². The lowest BCUT2D eigenvalue weighted by Gasteiger charge is -2.00. The van der Waals surface area contributed by atoms with Gasteiger partial charge in [0, 0.05) is 6.42 Å². The molecule has 2 amide bonds. The van der Waals surface area contributed by atoms with Crippen LogP contribution in [0.4, 0.5) is 0 Å². The van der Waals surface area contributed by atoms with E-state index in [1.54, 1.807) is 24.5 Å². The van der Waals surface area contributed by atoms with Gasteiger partial charge in [0.15, 0.2) is 0 Å². The highest BCUT2D eigenvalue weighted by Gasteiger charge is 2.10. The largest absolute Gasteiger partial charge is 0.508 e. The number of hydrogen-bond donors (Lipinski definition) is 3. The second kappa shape index (κ2) is 7.58. The predicted molar refractivity (Wildman–Crippen MR) is 65.7 cm³/mol. The zero-order valence-electron chi connectivity index (χ0n) is 10.6. The standard InChI is InChI=1S/C13H18N2O3/c1-14-12(17)6-7-13(18)15-9-8-10-2-4-11(16)5-3-10/h2-5,16H,6-9H2,1H3,(H,14,17)(H,15,18)/p+2. The number of carbonyl (C=O) groups is 2. The third kappa shape index (κ3) is 5.56. The summed E-state index contributed by atoms with van der Waals surface area (Å²) in [7, 11) is 1.68. The van der Waals surface area contributed by atoms with Crippen molar-refractivity contribution in [2.45, 2.75) is 19.3 Å². The highest BCUT2D eigenvalue weighted by Crippen LogP contribution is 2.09. The molecule has 5 N–H and O–H groups in total. The van der Waals surface area contributed by atoms with Crippen LogP contribution in [0, 0.1) is 0 Å². The summed E-state index contributed by atoms with van der Waals surface area (Å²) in [5.41, 5.74) is 1.08. The Labute approximate surface area is 106 Å². The first kappa shape index (κ1) is 14.3. The van der Waals surface area contributed by atoms with Crippen LogP contribution in [0.3, 0.4) is 0 Å². The molecule has 0 aliphatic rings. The van der Waals surface area contributed by atoms with Crippen LogP contribution in [0.1, 0.15) is 18.4 Å². The van der Waals surface area contributed by atoms with Crippen molar-refractivity contribution in [3.05, 3.63) is 29.8 Å². The quantitative estimate of drug-likeness (QED) is 0.577. The Bertz CT molecular complexity index is 401. The van der Waals surface area contributed by atoms with E-state index >= 15 is 0 Å². The number of benzene rings is 1. The molecule has 5 heteroatoms. The first-order valence-electron chi connectivity index (χ1n) is 6.08. The highest BCUT2D eigenvalue weighted by molar-refractivity contribution is 5.73. The zero-order valence-corrected chi connectivity index (χ0v) is 10.6. The Morgan fingerprint density at radius 1 is 1.11 bits per heavy atom. The van der Waals surface area contributed by atoms with Gasteiger partial charge in [-0.15, -0.1) is 0 Å². The number of phenols is 1. The first-order valence-corrected chi connectivity index (χ1v) is 6.08. The summed E-state index contributed by atoms with van der Waals surface area (Å²) in [5.74, 6) is 0.271. The van der Waals surface area contributed by atoms with Crippen molar-refractivity contribution in [2.24, 2.45) is 0 Å². The smallest absolute Gasteiger partial charge is 0.311 e. The lowest BCUT2D eigenvalue weighted by molar-refractivity contribution is -0.569. The van der Waals surface area contributed by atoms with Gasteiger partial charge in [0.2, 0.25) is 0 Å². The molecule has 0 radical (unpaired) electrons. The molecule has 0 saturated heterocycles. The normalized spacial score (nSPS) is 10.3. The van der Waals surface area contributed by atoms with Crippen molar-refractivity contribution in [1.29, 1.82) is 0 Å². The molecule has 1 aromatic rings. The summed E-state index contributed by atoms with van der Waals surface area (Å²) in [5, 5.41) is 12.2. The second-order valence-corrected chi connectivity index (χ2v) is 4.13. The van der Waals surface area contributed by atoms with Gasteiger partial charge in [0.25, 0.3) is 0 Å². The molecule has 0 aliphatic carbocycles. The molecule has 5 nitrogen and oxygen atoms in total. The van der Waals surface area contributed by atoms with Gasteiger partial charge >= 0.3 is 11.8 Å². The van der Waals surface area contributed by atoms with E-state index in [0.717, 1.165) is 12.0 Å². The topological polar surface area (TPSA) is 87.6 Å². The van der Waals surface area contributed by atoms with Gasteiger partial charge in [-0.1, -0.05) is 12.1 Å². The van der Waals surface area contributed by atoms with Crippen molar-refractivity contribution in [1.82, 2.24) is 0 Å². The van der Waals surface area contributed by atoms with Gasteiger partial charge < -0.3 is 5.11 Å². The Kier molecular flexibility index (Phi) is 6.04. The number of primary amides is 2. The van der Waals surface area contributed by atoms with Crippen LogP contribution < -0.4 is 10.6 Å². The van der Waals surface area contributed by atoms with Gasteiger partial charge in [-0.3, -0.25) is 10.6 Å². The van der Waals surface area contributed by atoms with E-state index in [1.165, 1.54) is 5.32 Å².